The van der Waals surface area contributed by atoms with Crippen molar-refractivity contribution in [2.24, 2.45) is 0 Å². The summed E-state index contributed by atoms with van der Waals surface area (Å²) in [5.74, 6) is -1.20. The SMILES string of the molecule is Cc1ccc2cccc(NC(=S)NC(=O)c3ccccc3F)c2n1. The molecule has 0 bridgehead atoms. The van der Waals surface area contributed by atoms with E-state index in [0.717, 1.165) is 16.6 Å². The Balaban J connectivity index is 1.79. The molecule has 0 spiro atoms. The summed E-state index contributed by atoms with van der Waals surface area (Å²) < 4.78 is 13.6. The van der Waals surface area contributed by atoms with E-state index >= 15 is 0 Å². The van der Waals surface area contributed by atoms with Crippen LogP contribution in [0.2, 0.25) is 0 Å². The van der Waals surface area contributed by atoms with Gasteiger partial charge < -0.3 is 5.32 Å². The van der Waals surface area contributed by atoms with Crippen molar-refractivity contribution < 1.29 is 9.18 Å². The van der Waals surface area contributed by atoms with Gasteiger partial charge in [0.1, 0.15) is 5.82 Å². The molecule has 2 aromatic carbocycles. The Bertz CT molecular complexity index is 942. The summed E-state index contributed by atoms with van der Waals surface area (Å²) in [4.78, 5) is 16.6. The summed E-state index contributed by atoms with van der Waals surface area (Å²) in [6, 6.07) is 15.2. The van der Waals surface area contributed by atoms with Crippen LogP contribution < -0.4 is 10.6 Å². The number of benzene rings is 2. The van der Waals surface area contributed by atoms with Gasteiger partial charge in [-0.15, -0.1) is 0 Å². The predicted octanol–water partition coefficient (Wildman–Crippen LogP) is 3.81. The third-order valence-corrected chi connectivity index (χ3v) is 3.66. The Morgan fingerprint density at radius 2 is 1.88 bits per heavy atom. The molecular formula is C18H14FN3OS. The second-order valence-corrected chi connectivity index (χ2v) is 5.63. The Morgan fingerprint density at radius 3 is 2.67 bits per heavy atom. The van der Waals surface area contributed by atoms with Crippen molar-refractivity contribution >= 4 is 39.8 Å². The van der Waals surface area contributed by atoms with Crippen molar-refractivity contribution in [1.29, 1.82) is 0 Å². The first-order valence-corrected chi connectivity index (χ1v) is 7.68. The van der Waals surface area contributed by atoms with Crippen LogP contribution in [-0.4, -0.2) is 16.0 Å². The molecule has 0 atom stereocenters. The van der Waals surface area contributed by atoms with Gasteiger partial charge in [0.2, 0.25) is 0 Å². The summed E-state index contributed by atoms with van der Waals surface area (Å²) in [7, 11) is 0. The number of aromatic nitrogens is 1. The summed E-state index contributed by atoms with van der Waals surface area (Å²) in [6.07, 6.45) is 0. The standard InChI is InChI=1S/C18H14FN3OS/c1-11-9-10-12-5-4-8-15(16(12)20-11)21-18(24)22-17(23)13-6-2-3-7-14(13)19/h2-10H,1H3,(H2,21,22,23,24). The maximum Gasteiger partial charge on any atom is 0.260 e. The first-order chi connectivity index (χ1) is 11.5. The molecule has 0 radical (unpaired) electrons. The highest BCUT2D eigenvalue weighted by molar-refractivity contribution is 7.80. The summed E-state index contributed by atoms with van der Waals surface area (Å²) in [5, 5.41) is 6.46. The van der Waals surface area contributed by atoms with Crippen LogP contribution in [0.1, 0.15) is 16.1 Å². The lowest BCUT2D eigenvalue weighted by Crippen LogP contribution is -2.34. The Morgan fingerprint density at radius 1 is 1.08 bits per heavy atom. The number of pyridine rings is 1. The Hall–Kier alpha value is -2.86. The zero-order valence-corrected chi connectivity index (χ0v) is 13.7. The van der Waals surface area contributed by atoms with Crippen molar-refractivity contribution in [3.63, 3.8) is 0 Å². The molecule has 0 fully saturated rings. The van der Waals surface area contributed by atoms with Crippen LogP contribution in [0.4, 0.5) is 10.1 Å². The number of aryl methyl sites for hydroxylation is 1. The van der Waals surface area contributed by atoms with Gasteiger partial charge in [-0.2, -0.15) is 0 Å². The number of nitrogens with zero attached hydrogens (tertiary/aromatic N) is 1. The average Bonchev–Trinajstić information content (AvgIpc) is 2.55. The summed E-state index contributed by atoms with van der Waals surface area (Å²) in [6.45, 7) is 1.90. The number of halogens is 1. The fourth-order valence-electron chi connectivity index (χ4n) is 2.31. The molecule has 3 rings (SSSR count). The van der Waals surface area contributed by atoms with E-state index in [9.17, 15) is 9.18 Å². The lowest BCUT2D eigenvalue weighted by molar-refractivity contribution is 0.0974. The fourth-order valence-corrected chi connectivity index (χ4v) is 2.52. The van der Waals surface area contributed by atoms with Crippen LogP contribution in [0.25, 0.3) is 10.9 Å². The zero-order chi connectivity index (χ0) is 17.1. The second-order valence-electron chi connectivity index (χ2n) is 5.22. The number of hydrogen-bond acceptors (Lipinski definition) is 3. The minimum Gasteiger partial charge on any atom is -0.331 e. The first kappa shape index (κ1) is 16.0. The number of thiocarbonyl (C=S) groups is 1. The normalized spacial score (nSPS) is 10.4. The molecule has 0 saturated carbocycles. The number of hydrogen-bond donors (Lipinski definition) is 2. The van der Waals surface area contributed by atoms with Crippen LogP contribution in [0.3, 0.4) is 0 Å². The third-order valence-electron chi connectivity index (χ3n) is 3.45. The van der Waals surface area contributed by atoms with E-state index in [4.69, 9.17) is 12.2 Å². The van der Waals surface area contributed by atoms with E-state index in [-0.39, 0.29) is 10.7 Å². The fraction of sp³-hybridized carbons (Fsp3) is 0.0556. The highest BCUT2D eigenvalue weighted by Crippen LogP contribution is 2.21. The van der Waals surface area contributed by atoms with Crippen molar-refractivity contribution in [2.75, 3.05) is 5.32 Å². The topological polar surface area (TPSA) is 54.0 Å². The molecule has 120 valence electrons. The molecule has 0 aliphatic heterocycles. The van der Waals surface area contributed by atoms with E-state index in [1.165, 1.54) is 18.2 Å². The molecule has 6 heteroatoms. The second kappa shape index (κ2) is 6.72. The number of anilines is 1. The van der Waals surface area contributed by atoms with Gasteiger partial charge in [-0.25, -0.2) is 4.39 Å². The first-order valence-electron chi connectivity index (χ1n) is 7.28. The smallest absolute Gasteiger partial charge is 0.260 e. The number of rotatable bonds is 2. The van der Waals surface area contributed by atoms with Crippen LogP contribution in [0.15, 0.2) is 54.6 Å². The molecule has 1 amide bonds. The number of carbonyl (C=O) groups excluding carboxylic acids is 1. The molecule has 0 saturated heterocycles. The van der Waals surface area contributed by atoms with E-state index < -0.39 is 11.7 Å². The molecule has 2 N–H and O–H groups in total. The molecular weight excluding hydrogens is 325 g/mol. The number of amides is 1. The van der Waals surface area contributed by atoms with E-state index in [1.807, 2.05) is 37.3 Å². The van der Waals surface area contributed by atoms with Crippen molar-refractivity contribution in [3.05, 3.63) is 71.7 Å². The van der Waals surface area contributed by atoms with E-state index in [1.54, 1.807) is 6.07 Å². The van der Waals surface area contributed by atoms with E-state index in [0.29, 0.717) is 5.69 Å². The van der Waals surface area contributed by atoms with Crippen LogP contribution >= 0.6 is 12.2 Å². The van der Waals surface area contributed by atoms with Gasteiger partial charge in [0.25, 0.3) is 5.91 Å². The molecule has 3 aromatic rings. The molecule has 0 unspecified atom stereocenters. The number of nitrogens with one attached hydrogen (secondary N) is 2. The highest BCUT2D eigenvalue weighted by atomic mass is 32.1. The Kier molecular flexibility index (Phi) is 4.48. The molecule has 1 heterocycles. The minimum atomic E-state index is -0.602. The predicted molar refractivity (Wildman–Crippen MR) is 96.6 cm³/mol. The average molecular weight is 339 g/mol. The summed E-state index contributed by atoms with van der Waals surface area (Å²) >= 11 is 5.16. The molecule has 1 aromatic heterocycles. The molecule has 4 nitrogen and oxygen atoms in total. The highest BCUT2D eigenvalue weighted by Gasteiger charge is 2.13. The van der Waals surface area contributed by atoms with Gasteiger partial charge in [0.15, 0.2) is 5.11 Å². The van der Waals surface area contributed by atoms with Crippen molar-refractivity contribution in [1.82, 2.24) is 10.3 Å². The number of fused-ring (bicyclic) bond motifs is 1. The largest absolute Gasteiger partial charge is 0.331 e. The number of carbonyl (C=O) groups is 1. The number of para-hydroxylation sites is 1. The molecule has 0 aliphatic carbocycles. The zero-order valence-electron chi connectivity index (χ0n) is 12.8. The van der Waals surface area contributed by atoms with E-state index in [2.05, 4.69) is 15.6 Å². The Labute approximate surface area is 143 Å². The van der Waals surface area contributed by atoms with Gasteiger partial charge in [-0.3, -0.25) is 15.1 Å². The van der Waals surface area contributed by atoms with Gasteiger partial charge in [-0.05, 0) is 43.4 Å². The quantitative estimate of drug-likeness (QED) is 0.697. The maximum absolute atomic E-state index is 13.6. The molecule has 0 aliphatic rings. The van der Waals surface area contributed by atoms with Gasteiger partial charge >= 0.3 is 0 Å². The summed E-state index contributed by atoms with van der Waals surface area (Å²) in [5.41, 5.74) is 2.24. The van der Waals surface area contributed by atoms with Crippen molar-refractivity contribution in [2.45, 2.75) is 6.92 Å². The third kappa shape index (κ3) is 3.38. The minimum absolute atomic E-state index is 0.0615. The van der Waals surface area contributed by atoms with Crippen LogP contribution in [-0.2, 0) is 0 Å². The van der Waals surface area contributed by atoms with Gasteiger partial charge in [-0.1, -0.05) is 30.3 Å². The lowest BCUT2D eigenvalue weighted by atomic mass is 10.2. The van der Waals surface area contributed by atoms with Crippen LogP contribution in [0.5, 0.6) is 0 Å². The van der Waals surface area contributed by atoms with Gasteiger partial charge in [0.05, 0.1) is 16.8 Å². The monoisotopic (exact) mass is 339 g/mol. The lowest BCUT2D eigenvalue weighted by Gasteiger charge is -2.12. The van der Waals surface area contributed by atoms with Crippen molar-refractivity contribution in [3.8, 4) is 0 Å². The van der Waals surface area contributed by atoms with Gasteiger partial charge in [0, 0.05) is 11.1 Å². The maximum atomic E-state index is 13.6. The molecule has 24 heavy (non-hydrogen) atoms. The van der Waals surface area contributed by atoms with Crippen LogP contribution in [0, 0.1) is 12.7 Å².